The molecule has 0 bridgehead atoms. The summed E-state index contributed by atoms with van der Waals surface area (Å²) in [5, 5.41) is 2.81. The van der Waals surface area contributed by atoms with E-state index in [9.17, 15) is 9.59 Å². The van der Waals surface area contributed by atoms with Crippen LogP contribution >= 0.6 is 0 Å². The van der Waals surface area contributed by atoms with Crippen LogP contribution in [0, 0.1) is 0 Å². The molecule has 0 atom stereocenters. The van der Waals surface area contributed by atoms with Gasteiger partial charge in [-0.1, -0.05) is 0 Å². The largest absolute Gasteiger partial charge is 0.399 e. The predicted molar refractivity (Wildman–Crippen MR) is 84.6 cm³/mol. The Morgan fingerprint density at radius 3 is 2.38 bits per heavy atom. The Balaban J connectivity index is 2.35. The Morgan fingerprint density at radius 2 is 1.86 bits per heavy atom. The highest BCUT2D eigenvalue weighted by atomic mass is 16.2. The molecule has 21 heavy (non-hydrogen) atoms. The van der Waals surface area contributed by atoms with E-state index in [1.54, 1.807) is 24.3 Å². The highest BCUT2D eigenvalue weighted by Gasteiger charge is 2.12. The van der Waals surface area contributed by atoms with Gasteiger partial charge in [-0.3, -0.25) is 14.5 Å². The van der Waals surface area contributed by atoms with Gasteiger partial charge < -0.3 is 16.8 Å². The van der Waals surface area contributed by atoms with Crippen molar-refractivity contribution in [2.24, 2.45) is 5.73 Å². The van der Waals surface area contributed by atoms with Crippen molar-refractivity contribution in [2.45, 2.75) is 32.7 Å². The molecular formula is C15H24N4O2. The van der Waals surface area contributed by atoms with Crippen LogP contribution in [0.4, 0.5) is 11.4 Å². The predicted octanol–water partition coefficient (Wildman–Crippen LogP) is 1.18. The van der Waals surface area contributed by atoms with Crippen LogP contribution in [0.3, 0.4) is 0 Å². The van der Waals surface area contributed by atoms with Crippen LogP contribution in [0.15, 0.2) is 24.3 Å². The number of carbonyl (C=O) groups is 2. The Labute approximate surface area is 125 Å². The van der Waals surface area contributed by atoms with Crippen LogP contribution in [0.2, 0.25) is 0 Å². The first kappa shape index (κ1) is 17.0. The summed E-state index contributed by atoms with van der Waals surface area (Å²) in [6, 6.07) is 7.23. The number of hydrogen-bond acceptors (Lipinski definition) is 4. The van der Waals surface area contributed by atoms with Gasteiger partial charge in [0.2, 0.25) is 11.8 Å². The Morgan fingerprint density at radius 1 is 1.24 bits per heavy atom. The molecule has 116 valence electrons. The van der Waals surface area contributed by atoms with E-state index >= 15 is 0 Å². The van der Waals surface area contributed by atoms with Gasteiger partial charge in [0, 0.05) is 23.8 Å². The van der Waals surface area contributed by atoms with Crippen molar-refractivity contribution in [1.29, 1.82) is 0 Å². The number of nitrogens with one attached hydrogen (secondary N) is 1. The molecule has 0 saturated carbocycles. The lowest BCUT2D eigenvalue weighted by molar-refractivity contribution is -0.119. The molecule has 0 saturated heterocycles. The molecule has 0 heterocycles. The third-order valence-corrected chi connectivity index (χ3v) is 3.13. The second kappa shape index (κ2) is 8.26. The van der Waals surface area contributed by atoms with Crippen LogP contribution in [0.1, 0.15) is 26.7 Å². The Kier molecular flexibility index (Phi) is 6.68. The molecule has 0 aliphatic rings. The molecule has 0 spiro atoms. The summed E-state index contributed by atoms with van der Waals surface area (Å²) >= 11 is 0. The van der Waals surface area contributed by atoms with Crippen molar-refractivity contribution in [3.05, 3.63) is 24.3 Å². The number of primary amides is 1. The highest BCUT2D eigenvalue weighted by Crippen LogP contribution is 2.11. The van der Waals surface area contributed by atoms with Gasteiger partial charge in [0.15, 0.2) is 0 Å². The second-order valence-corrected chi connectivity index (χ2v) is 5.30. The van der Waals surface area contributed by atoms with Gasteiger partial charge >= 0.3 is 0 Å². The minimum atomic E-state index is -0.352. The topological polar surface area (TPSA) is 101 Å². The lowest BCUT2D eigenvalue weighted by Gasteiger charge is -2.24. The summed E-state index contributed by atoms with van der Waals surface area (Å²) in [4.78, 5) is 24.7. The monoisotopic (exact) mass is 292 g/mol. The Hall–Kier alpha value is -2.08. The highest BCUT2D eigenvalue weighted by molar-refractivity contribution is 5.90. The van der Waals surface area contributed by atoms with Crippen molar-refractivity contribution in [2.75, 3.05) is 24.1 Å². The van der Waals surface area contributed by atoms with Gasteiger partial charge in [-0.05, 0) is 51.1 Å². The Bertz CT molecular complexity index is 471. The van der Waals surface area contributed by atoms with Gasteiger partial charge in [0.05, 0.1) is 6.54 Å². The van der Waals surface area contributed by atoms with Crippen LogP contribution < -0.4 is 16.8 Å². The average Bonchev–Trinajstić information content (AvgIpc) is 2.39. The summed E-state index contributed by atoms with van der Waals surface area (Å²) in [5.74, 6) is -0.405. The van der Waals surface area contributed by atoms with E-state index < -0.39 is 0 Å². The number of hydrogen-bond donors (Lipinski definition) is 3. The lowest BCUT2D eigenvalue weighted by atomic mass is 10.2. The normalized spacial score (nSPS) is 10.9. The summed E-state index contributed by atoms with van der Waals surface area (Å²) in [6.07, 6.45) is 1.07. The third-order valence-electron chi connectivity index (χ3n) is 3.13. The van der Waals surface area contributed by atoms with Crippen LogP contribution in [0.5, 0.6) is 0 Å². The second-order valence-electron chi connectivity index (χ2n) is 5.30. The minimum absolute atomic E-state index is 0.0532. The molecule has 0 aliphatic heterocycles. The number of nitrogens with zero attached hydrogens (tertiary/aromatic N) is 1. The molecular weight excluding hydrogens is 268 g/mol. The first-order valence-corrected chi connectivity index (χ1v) is 7.06. The molecule has 6 heteroatoms. The van der Waals surface area contributed by atoms with Crippen molar-refractivity contribution in [1.82, 2.24) is 4.90 Å². The maximum Gasteiger partial charge on any atom is 0.231 e. The molecule has 1 aromatic rings. The van der Waals surface area contributed by atoms with E-state index in [0.717, 1.165) is 5.69 Å². The third kappa shape index (κ3) is 6.76. The van der Waals surface area contributed by atoms with Crippen molar-refractivity contribution in [3.8, 4) is 0 Å². The van der Waals surface area contributed by atoms with Gasteiger partial charge in [0.1, 0.15) is 0 Å². The van der Waals surface area contributed by atoms with E-state index in [1.165, 1.54) is 0 Å². The van der Waals surface area contributed by atoms with Crippen LogP contribution in [-0.4, -0.2) is 35.8 Å². The quantitative estimate of drug-likeness (QED) is 0.626. The van der Waals surface area contributed by atoms with E-state index in [-0.39, 0.29) is 24.4 Å². The average molecular weight is 292 g/mol. The number of amides is 2. The molecule has 1 aromatic carbocycles. The molecule has 5 N–H and O–H groups in total. The van der Waals surface area contributed by atoms with E-state index in [4.69, 9.17) is 11.5 Å². The molecule has 0 radical (unpaired) electrons. The summed E-state index contributed by atoms with van der Waals surface area (Å²) < 4.78 is 0. The number of benzene rings is 1. The summed E-state index contributed by atoms with van der Waals surface area (Å²) in [6.45, 7) is 4.88. The van der Waals surface area contributed by atoms with Gasteiger partial charge in [-0.25, -0.2) is 0 Å². The zero-order valence-electron chi connectivity index (χ0n) is 12.6. The van der Waals surface area contributed by atoms with Crippen molar-refractivity contribution >= 4 is 23.2 Å². The fourth-order valence-electron chi connectivity index (χ4n) is 1.95. The number of anilines is 2. The number of nitrogens with two attached hydrogens (primary N) is 2. The van der Waals surface area contributed by atoms with Crippen LogP contribution in [0.25, 0.3) is 0 Å². The molecule has 0 aromatic heterocycles. The fourth-order valence-corrected chi connectivity index (χ4v) is 1.95. The van der Waals surface area contributed by atoms with Crippen LogP contribution in [-0.2, 0) is 9.59 Å². The summed E-state index contributed by atoms with van der Waals surface area (Å²) in [5.41, 5.74) is 12.2. The number of rotatable bonds is 8. The minimum Gasteiger partial charge on any atom is -0.399 e. The summed E-state index contributed by atoms with van der Waals surface area (Å²) in [7, 11) is 0. The number of nitrogen functional groups attached to an aromatic ring is 1. The zero-order valence-corrected chi connectivity index (χ0v) is 12.6. The maximum absolute atomic E-state index is 11.8. The molecule has 0 fully saturated rings. The molecule has 2 amide bonds. The van der Waals surface area contributed by atoms with Gasteiger partial charge in [-0.2, -0.15) is 0 Å². The molecule has 0 unspecified atom stereocenters. The van der Waals surface area contributed by atoms with Gasteiger partial charge in [-0.15, -0.1) is 0 Å². The fraction of sp³-hybridized carbons (Fsp3) is 0.467. The molecule has 6 nitrogen and oxygen atoms in total. The standard InChI is InChI=1S/C15H24N4O2/c1-11(2)19(10-14(17)20)9-3-4-15(21)18-13-7-5-12(16)6-8-13/h5-8,11H,3-4,9-10,16H2,1-2H3,(H2,17,20)(H,18,21). The van der Waals surface area contributed by atoms with Crippen molar-refractivity contribution in [3.63, 3.8) is 0 Å². The zero-order chi connectivity index (χ0) is 15.8. The first-order chi connectivity index (χ1) is 9.88. The molecule has 1 rings (SSSR count). The lowest BCUT2D eigenvalue weighted by Crippen LogP contribution is -2.39. The molecule has 0 aliphatic carbocycles. The van der Waals surface area contributed by atoms with E-state index in [2.05, 4.69) is 5.32 Å². The van der Waals surface area contributed by atoms with E-state index in [0.29, 0.717) is 25.1 Å². The van der Waals surface area contributed by atoms with Crippen molar-refractivity contribution < 1.29 is 9.59 Å². The maximum atomic E-state index is 11.8. The smallest absolute Gasteiger partial charge is 0.231 e. The first-order valence-electron chi connectivity index (χ1n) is 7.06. The SMILES string of the molecule is CC(C)N(CCCC(=O)Nc1ccc(N)cc1)CC(N)=O. The number of carbonyl (C=O) groups excluding carboxylic acids is 2. The van der Waals surface area contributed by atoms with E-state index in [1.807, 2.05) is 18.7 Å². The van der Waals surface area contributed by atoms with Gasteiger partial charge in [0.25, 0.3) is 0 Å².